The van der Waals surface area contributed by atoms with E-state index in [1.54, 1.807) is 12.1 Å². The molecule has 1 saturated heterocycles. The van der Waals surface area contributed by atoms with E-state index in [4.69, 9.17) is 10.5 Å². The standard InChI is InChI=1S/C17H20FN5O2/c1-10-8-23(9-11(2)25-10)14-4-3-12(7-13(14)18)22-17(24)15-16(19)21-6-5-20-15/h3-7,10-11H,8-9H2,1-2H3,(H2,19,21)(H,22,24)/t10-,11-/m0/s1. The number of ether oxygens (including phenoxy) is 1. The van der Waals surface area contributed by atoms with E-state index in [-0.39, 0.29) is 23.7 Å². The third-order valence-electron chi connectivity index (χ3n) is 3.91. The molecule has 1 aliphatic rings. The number of nitrogens with two attached hydrogens (primary N) is 1. The minimum atomic E-state index is -0.536. The lowest BCUT2D eigenvalue weighted by Gasteiger charge is -2.37. The van der Waals surface area contributed by atoms with Crippen molar-refractivity contribution in [1.82, 2.24) is 9.97 Å². The summed E-state index contributed by atoms with van der Waals surface area (Å²) in [5.74, 6) is -0.925. The molecule has 3 N–H and O–H groups in total. The van der Waals surface area contributed by atoms with Crippen LogP contribution in [-0.2, 0) is 4.74 Å². The maximum Gasteiger partial charge on any atom is 0.278 e. The zero-order valence-corrected chi connectivity index (χ0v) is 14.1. The average Bonchev–Trinajstić information content (AvgIpc) is 2.54. The predicted octanol–water partition coefficient (Wildman–Crippen LogP) is 2.06. The van der Waals surface area contributed by atoms with Crippen LogP contribution in [0.2, 0.25) is 0 Å². The summed E-state index contributed by atoms with van der Waals surface area (Å²) in [7, 11) is 0. The molecule has 1 aromatic heterocycles. The summed E-state index contributed by atoms with van der Waals surface area (Å²) in [5, 5.41) is 2.58. The molecule has 2 heterocycles. The Morgan fingerprint density at radius 1 is 1.28 bits per heavy atom. The fraction of sp³-hybridized carbons (Fsp3) is 0.353. The van der Waals surface area contributed by atoms with Gasteiger partial charge in [0.25, 0.3) is 5.91 Å². The summed E-state index contributed by atoms with van der Waals surface area (Å²) in [6.45, 7) is 5.15. The summed E-state index contributed by atoms with van der Waals surface area (Å²) in [6.07, 6.45) is 2.82. The fourth-order valence-electron chi connectivity index (χ4n) is 2.93. The molecule has 2 aromatic rings. The maximum absolute atomic E-state index is 14.5. The van der Waals surface area contributed by atoms with Crippen molar-refractivity contribution in [2.75, 3.05) is 29.0 Å². The molecule has 25 heavy (non-hydrogen) atoms. The first-order valence-electron chi connectivity index (χ1n) is 8.02. The summed E-state index contributed by atoms with van der Waals surface area (Å²) < 4.78 is 20.2. The lowest BCUT2D eigenvalue weighted by atomic mass is 10.2. The maximum atomic E-state index is 14.5. The summed E-state index contributed by atoms with van der Waals surface area (Å²) in [4.78, 5) is 21.8. The minimum Gasteiger partial charge on any atom is -0.382 e. The quantitative estimate of drug-likeness (QED) is 0.884. The Hall–Kier alpha value is -2.74. The molecular weight excluding hydrogens is 325 g/mol. The largest absolute Gasteiger partial charge is 0.382 e. The van der Waals surface area contributed by atoms with Crippen LogP contribution in [0.25, 0.3) is 0 Å². The first kappa shape index (κ1) is 17.1. The second kappa shape index (κ2) is 7.02. The summed E-state index contributed by atoms with van der Waals surface area (Å²) >= 11 is 0. The summed E-state index contributed by atoms with van der Waals surface area (Å²) in [5.41, 5.74) is 6.44. The topological polar surface area (TPSA) is 93.4 Å². The molecule has 7 nitrogen and oxygen atoms in total. The fourth-order valence-corrected chi connectivity index (χ4v) is 2.93. The number of nitrogen functional groups attached to an aromatic ring is 1. The van der Waals surface area contributed by atoms with Crippen LogP contribution in [0.5, 0.6) is 0 Å². The molecular formula is C17H20FN5O2. The molecule has 1 amide bonds. The van der Waals surface area contributed by atoms with Gasteiger partial charge in [0.1, 0.15) is 5.82 Å². The second-order valence-corrected chi connectivity index (χ2v) is 6.07. The number of rotatable bonds is 3. The molecule has 3 rings (SSSR count). The van der Waals surface area contributed by atoms with Gasteiger partial charge in [-0.15, -0.1) is 0 Å². The van der Waals surface area contributed by atoms with Crippen molar-refractivity contribution in [2.24, 2.45) is 0 Å². The third kappa shape index (κ3) is 3.85. The van der Waals surface area contributed by atoms with Gasteiger partial charge in [-0.3, -0.25) is 4.79 Å². The molecule has 1 aliphatic heterocycles. The first-order chi connectivity index (χ1) is 11.9. The van der Waals surface area contributed by atoms with Crippen molar-refractivity contribution in [3.8, 4) is 0 Å². The number of aromatic nitrogens is 2. The number of hydrogen-bond donors (Lipinski definition) is 2. The number of halogens is 1. The molecule has 0 unspecified atom stereocenters. The number of nitrogens with one attached hydrogen (secondary N) is 1. The SMILES string of the molecule is C[C@H]1CN(c2ccc(NC(=O)c3nccnc3N)cc2F)C[C@H](C)O1. The van der Waals surface area contributed by atoms with Gasteiger partial charge in [-0.25, -0.2) is 14.4 Å². The van der Waals surface area contributed by atoms with E-state index in [0.29, 0.717) is 24.5 Å². The third-order valence-corrected chi connectivity index (χ3v) is 3.91. The van der Waals surface area contributed by atoms with Gasteiger partial charge < -0.3 is 20.7 Å². The van der Waals surface area contributed by atoms with Crippen LogP contribution in [0.4, 0.5) is 21.6 Å². The Labute approximate surface area is 145 Å². The first-order valence-corrected chi connectivity index (χ1v) is 8.02. The number of morpholine rings is 1. The molecule has 2 atom stereocenters. The van der Waals surface area contributed by atoms with Crippen LogP contribution in [0.1, 0.15) is 24.3 Å². The molecule has 8 heteroatoms. The molecule has 0 radical (unpaired) electrons. The second-order valence-electron chi connectivity index (χ2n) is 6.07. The van der Waals surface area contributed by atoms with Crippen LogP contribution in [0, 0.1) is 5.82 Å². The lowest BCUT2D eigenvalue weighted by molar-refractivity contribution is -0.00539. The smallest absolute Gasteiger partial charge is 0.278 e. The van der Waals surface area contributed by atoms with Crippen molar-refractivity contribution < 1.29 is 13.9 Å². The van der Waals surface area contributed by atoms with Gasteiger partial charge in [0, 0.05) is 31.2 Å². The molecule has 0 bridgehead atoms. The highest BCUT2D eigenvalue weighted by Gasteiger charge is 2.24. The zero-order chi connectivity index (χ0) is 18.0. The van der Waals surface area contributed by atoms with Gasteiger partial charge in [0.2, 0.25) is 0 Å². The van der Waals surface area contributed by atoms with E-state index in [1.807, 2.05) is 18.7 Å². The molecule has 0 spiro atoms. The van der Waals surface area contributed by atoms with Crippen LogP contribution < -0.4 is 16.0 Å². The number of carbonyl (C=O) groups excluding carboxylic acids is 1. The van der Waals surface area contributed by atoms with Crippen LogP contribution in [0.15, 0.2) is 30.6 Å². The van der Waals surface area contributed by atoms with Crippen molar-refractivity contribution in [1.29, 1.82) is 0 Å². The lowest BCUT2D eigenvalue weighted by Crippen LogP contribution is -2.45. The molecule has 132 valence electrons. The minimum absolute atomic E-state index is 0.00261. The van der Waals surface area contributed by atoms with Crippen LogP contribution in [0.3, 0.4) is 0 Å². The Balaban J connectivity index is 1.76. The number of amides is 1. The monoisotopic (exact) mass is 345 g/mol. The van der Waals surface area contributed by atoms with Gasteiger partial charge in [-0.2, -0.15) is 0 Å². The highest BCUT2D eigenvalue weighted by molar-refractivity contribution is 6.05. The summed E-state index contributed by atoms with van der Waals surface area (Å²) in [6, 6.07) is 4.58. The number of carbonyl (C=O) groups is 1. The molecule has 0 saturated carbocycles. The number of anilines is 3. The Bertz CT molecular complexity index is 775. The Morgan fingerprint density at radius 2 is 1.96 bits per heavy atom. The van der Waals surface area contributed by atoms with Gasteiger partial charge in [0.15, 0.2) is 11.5 Å². The van der Waals surface area contributed by atoms with Crippen molar-refractivity contribution >= 4 is 23.1 Å². The predicted molar refractivity (Wildman–Crippen MR) is 93.0 cm³/mol. The van der Waals surface area contributed by atoms with E-state index >= 15 is 0 Å². The van der Waals surface area contributed by atoms with Crippen molar-refractivity contribution in [3.05, 3.63) is 42.1 Å². The highest BCUT2D eigenvalue weighted by atomic mass is 19.1. The number of nitrogens with zero attached hydrogens (tertiary/aromatic N) is 3. The van der Waals surface area contributed by atoms with Crippen LogP contribution in [-0.4, -0.2) is 41.2 Å². The zero-order valence-electron chi connectivity index (χ0n) is 14.1. The van der Waals surface area contributed by atoms with Crippen molar-refractivity contribution in [3.63, 3.8) is 0 Å². The molecule has 1 aromatic carbocycles. The van der Waals surface area contributed by atoms with Gasteiger partial charge in [-0.05, 0) is 32.0 Å². The molecule has 0 aliphatic carbocycles. The normalized spacial score (nSPS) is 20.4. The van der Waals surface area contributed by atoms with Gasteiger partial charge in [0.05, 0.1) is 17.9 Å². The molecule has 1 fully saturated rings. The van der Waals surface area contributed by atoms with Gasteiger partial charge >= 0.3 is 0 Å². The Morgan fingerprint density at radius 3 is 2.60 bits per heavy atom. The average molecular weight is 345 g/mol. The number of benzene rings is 1. The van der Waals surface area contributed by atoms with Crippen molar-refractivity contribution in [2.45, 2.75) is 26.1 Å². The van der Waals surface area contributed by atoms with E-state index in [9.17, 15) is 9.18 Å². The number of hydrogen-bond acceptors (Lipinski definition) is 6. The van der Waals surface area contributed by atoms with E-state index in [0.717, 1.165) is 0 Å². The van der Waals surface area contributed by atoms with E-state index < -0.39 is 11.7 Å². The van der Waals surface area contributed by atoms with Crippen LogP contribution >= 0.6 is 0 Å². The van der Waals surface area contributed by atoms with E-state index in [2.05, 4.69) is 15.3 Å². The Kier molecular flexibility index (Phi) is 4.80. The van der Waals surface area contributed by atoms with Gasteiger partial charge in [-0.1, -0.05) is 0 Å². The highest BCUT2D eigenvalue weighted by Crippen LogP contribution is 2.26. The van der Waals surface area contributed by atoms with E-state index in [1.165, 1.54) is 18.5 Å².